The summed E-state index contributed by atoms with van der Waals surface area (Å²) >= 11 is 1.32. The van der Waals surface area contributed by atoms with E-state index in [-0.39, 0.29) is 5.78 Å². The maximum absolute atomic E-state index is 12.1. The van der Waals surface area contributed by atoms with Gasteiger partial charge in [0.15, 0.2) is 11.6 Å². The first-order valence-electron chi connectivity index (χ1n) is 6.47. The zero-order valence-electron chi connectivity index (χ0n) is 11.2. The molecule has 1 heterocycles. The number of anilines is 1. The van der Waals surface area contributed by atoms with E-state index in [1.807, 2.05) is 42.5 Å². The first-order chi connectivity index (χ1) is 10.2. The van der Waals surface area contributed by atoms with Crippen molar-refractivity contribution in [1.82, 2.24) is 9.97 Å². The highest BCUT2D eigenvalue weighted by Gasteiger charge is 2.10. The van der Waals surface area contributed by atoms with Crippen molar-refractivity contribution in [3.8, 4) is 0 Å². The van der Waals surface area contributed by atoms with Gasteiger partial charge < -0.3 is 5.73 Å². The van der Waals surface area contributed by atoms with E-state index in [2.05, 4.69) is 9.97 Å². The number of rotatable bonds is 4. The van der Waals surface area contributed by atoms with E-state index in [0.29, 0.717) is 22.2 Å². The van der Waals surface area contributed by atoms with Gasteiger partial charge in [0.1, 0.15) is 5.03 Å². The lowest BCUT2D eigenvalue weighted by molar-refractivity contribution is 0.102. The Kier molecular flexibility index (Phi) is 3.83. The zero-order chi connectivity index (χ0) is 14.7. The zero-order valence-corrected chi connectivity index (χ0v) is 12.0. The van der Waals surface area contributed by atoms with Gasteiger partial charge in [-0.3, -0.25) is 4.79 Å². The van der Waals surface area contributed by atoms with Crippen LogP contribution in [0.1, 0.15) is 10.4 Å². The fourth-order valence-corrected chi connectivity index (χ4v) is 2.74. The van der Waals surface area contributed by atoms with Crippen LogP contribution >= 0.6 is 11.8 Å². The van der Waals surface area contributed by atoms with Gasteiger partial charge in [0.25, 0.3) is 0 Å². The first-order valence-corrected chi connectivity index (χ1v) is 7.46. The van der Waals surface area contributed by atoms with E-state index in [4.69, 9.17) is 5.73 Å². The number of ketones is 1. The fraction of sp³-hybridized carbons (Fsp3) is 0.0625. The minimum atomic E-state index is 0.0509. The predicted octanol–water partition coefficient (Wildman–Crippen LogP) is 3.19. The third-order valence-electron chi connectivity index (χ3n) is 3.00. The van der Waals surface area contributed by atoms with E-state index in [0.717, 1.165) is 11.0 Å². The highest BCUT2D eigenvalue weighted by molar-refractivity contribution is 8.00. The average Bonchev–Trinajstić information content (AvgIpc) is 2.53. The molecule has 0 aliphatic carbocycles. The second kappa shape index (κ2) is 5.93. The predicted molar refractivity (Wildman–Crippen MR) is 85.4 cm³/mol. The number of para-hydroxylation sites is 2. The highest BCUT2D eigenvalue weighted by Crippen LogP contribution is 2.24. The molecular weight excluding hydrogens is 282 g/mol. The Morgan fingerprint density at radius 3 is 2.29 bits per heavy atom. The number of nitrogens with zero attached hydrogens (tertiary/aromatic N) is 2. The van der Waals surface area contributed by atoms with Gasteiger partial charge in [-0.05, 0) is 12.1 Å². The molecule has 0 unspecified atom stereocenters. The Balaban J connectivity index is 1.79. The van der Waals surface area contributed by atoms with Gasteiger partial charge in [0, 0.05) is 5.56 Å². The molecule has 104 valence electrons. The van der Waals surface area contributed by atoms with Gasteiger partial charge in [-0.1, -0.05) is 54.2 Å². The van der Waals surface area contributed by atoms with Crippen LogP contribution in [0.4, 0.5) is 5.82 Å². The van der Waals surface area contributed by atoms with Crippen molar-refractivity contribution in [2.45, 2.75) is 5.03 Å². The van der Waals surface area contributed by atoms with E-state index < -0.39 is 0 Å². The molecule has 0 bridgehead atoms. The molecule has 21 heavy (non-hydrogen) atoms. The topological polar surface area (TPSA) is 68.9 Å². The van der Waals surface area contributed by atoms with E-state index in [1.54, 1.807) is 12.1 Å². The molecule has 0 aliphatic heterocycles. The van der Waals surface area contributed by atoms with Crippen molar-refractivity contribution in [2.75, 3.05) is 11.5 Å². The van der Waals surface area contributed by atoms with Crippen LogP contribution in [0.15, 0.2) is 59.6 Å². The standard InChI is InChI=1S/C16H13N3OS/c17-15-16(19-13-9-5-4-8-12(13)18-15)21-10-14(20)11-6-2-1-3-7-11/h1-9H,10H2,(H2,17,18). The lowest BCUT2D eigenvalue weighted by atomic mass is 10.2. The summed E-state index contributed by atoms with van der Waals surface area (Å²) in [4.78, 5) is 20.9. The summed E-state index contributed by atoms with van der Waals surface area (Å²) < 4.78 is 0. The van der Waals surface area contributed by atoms with Crippen LogP contribution in [0.3, 0.4) is 0 Å². The van der Waals surface area contributed by atoms with Crippen LogP contribution in [0.2, 0.25) is 0 Å². The van der Waals surface area contributed by atoms with Crippen molar-refractivity contribution in [2.24, 2.45) is 0 Å². The molecular formula is C16H13N3OS. The third kappa shape index (κ3) is 3.03. The Morgan fingerprint density at radius 2 is 1.57 bits per heavy atom. The maximum Gasteiger partial charge on any atom is 0.173 e. The van der Waals surface area contributed by atoms with Crippen LogP contribution in [-0.2, 0) is 0 Å². The summed E-state index contributed by atoms with van der Waals surface area (Å²) in [6, 6.07) is 16.7. The summed E-state index contributed by atoms with van der Waals surface area (Å²) in [5.74, 6) is 0.704. The average molecular weight is 295 g/mol. The van der Waals surface area contributed by atoms with Gasteiger partial charge in [-0.2, -0.15) is 0 Å². The molecule has 0 spiro atoms. The number of nitrogen functional groups attached to an aromatic ring is 1. The number of thioether (sulfide) groups is 1. The van der Waals surface area contributed by atoms with Crippen molar-refractivity contribution in [3.05, 3.63) is 60.2 Å². The van der Waals surface area contributed by atoms with Crippen molar-refractivity contribution in [3.63, 3.8) is 0 Å². The smallest absolute Gasteiger partial charge is 0.173 e. The van der Waals surface area contributed by atoms with E-state index >= 15 is 0 Å². The lowest BCUT2D eigenvalue weighted by Gasteiger charge is -2.05. The number of aromatic nitrogens is 2. The van der Waals surface area contributed by atoms with Gasteiger partial charge in [0.2, 0.25) is 0 Å². The molecule has 3 rings (SSSR count). The van der Waals surface area contributed by atoms with Crippen molar-refractivity contribution < 1.29 is 4.79 Å². The molecule has 0 aliphatic rings. The second-order valence-electron chi connectivity index (χ2n) is 4.48. The monoisotopic (exact) mass is 295 g/mol. The molecule has 0 atom stereocenters. The minimum absolute atomic E-state index is 0.0509. The summed E-state index contributed by atoms with van der Waals surface area (Å²) in [5.41, 5.74) is 8.13. The van der Waals surface area contributed by atoms with Crippen LogP contribution in [0.5, 0.6) is 0 Å². The molecule has 0 amide bonds. The highest BCUT2D eigenvalue weighted by atomic mass is 32.2. The minimum Gasteiger partial charge on any atom is -0.381 e. The largest absolute Gasteiger partial charge is 0.381 e. The van der Waals surface area contributed by atoms with Crippen LogP contribution < -0.4 is 5.73 Å². The normalized spacial score (nSPS) is 10.7. The van der Waals surface area contributed by atoms with Gasteiger partial charge in [-0.15, -0.1) is 0 Å². The molecule has 4 nitrogen and oxygen atoms in total. The molecule has 0 fully saturated rings. The number of carbonyl (C=O) groups is 1. The van der Waals surface area contributed by atoms with E-state index in [1.165, 1.54) is 11.8 Å². The molecule has 2 aromatic carbocycles. The summed E-state index contributed by atoms with van der Waals surface area (Å²) in [7, 11) is 0. The van der Waals surface area contributed by atoms with Gasteiger partial charge in [-0.25, -0.2) is 9.97 Å². The SMILES string of the molecule is Nc1nc2ccccc2nc1SCC(=O)c1ccccc1. The second-order valence-corrected chi connectivity index (χ2v) is 5.44. The number of hydrogen-bond acceptors (Lipinski definition) is 5. The Bertz CT molecular complexity index is 790. The summed E-state index contributed by atoms with van der Waals surface area (Å²) in [6.07, 6.45) is 0. The van der Waals surface area contributed by atoms with E-state index in [9.17, 15) is 4.79 Å². The summed E-state index contributed by atoms with van der Waals surface area (Å²) in [5, 5.41) is 0.595. The quantitative estimate of drug-likeness (QED) is 0.591. The number of fused-ring (bicyclic) bond motifs is 1. The van der Waals surface area contributed by atoms with Crippen LogP contribution in [0, 0.1) is 0 Å². The summed E-state index contributed by atoms with van der Waals surface area (Å²) in [6.45, 7) is 0. The Morgan fingerprint density at radius 1 is 0.952 bits per heavy atom. The third-order valence-corrected chi connectivity index (χ3v) is 3.98. The molecule has 0 saturated carbocycles. The number of hydrogen-bond donors (Lipinski definition) is 1. The number of Topliss-reactive ketones (excluding diaryl/α,β-unsaturated/α-hetero) is 1. The number of nitrogens with two attached hydrogens (primary N) is 1. The Hall–Kier alpha value is -2.40. The molecule has 0 saturated heterocycles. The molecule has 1 aromatic heterocycles. The molecule has 5 heteroatoms. The molecule has 3 aromatic rings. The maximum atomic E-state index is 12.1. The number of benzene rings is 2. The fourth-order valence-electron chi connectivity index (χ4n) is 1.95. The van der Waals surface area contributed by atoms with Crippen molar-refractivity contribution in [1.29, 1.82) is 0 Å². The van der Waals surface area contributed by atoms with Gasteiger partial charge >= 0.3 is 0 Å². The lowest BCUT2D eigenvalue weighted by Crippen LogP contribution is -2.04. The van der Waals surface area contributed by atoms with Crippen LogP contribution in [-0.4, -0.2) is 21.5 Å². The molecule has 2 N–H and O–H groups in total. The first kappa shape index (κ1) is 13.6. The van der Waals surface area contributed by atoms with Gasteiger partial charge in [0.05, 0.1) is 16.8 Å². The van der Waals surface area contributed by atoms with Crippen molar-refractivity contribution >= 4 is 34.4 Å². The Labute approximate surface area is 126 Å². The number of carbonyl (C=O) groups excluding carboxylic acids is 1. The van der Waals surface area contributed by atoms with Crippen LogP contribution in [0.25, 0.3) is 11.0 Å². The molecule has 0 radical (unpaired) electrons.